The zero-order chi connectivity index (χ0) is 14.9. The van der Waals surface area contributed by atoms with E-state index in [9.17, 15) is 13.2 Å². The van der Waals surface area contributed by atoms with Gasteiger partial charge < -0.3 is 10.1 Å². The molecule has 0 saturated carbocycles. The monoisotopic (exact) mass is 300 g/mol. The molecule has 21 heavy (non-hydrogen) atoms. The summed E-state index contributed by atoms with van der Waals surface area (Å²) in [6.07, 6.45) is -2.12. The van der Waals surface area contributed by atoms with Crippen molar-refractivity contribution in [2.75, 3.05) is 19.6 Å². The van der Waals surface area contributed by atoms with Crippen molar-refractivity contribution >= 4 is 0 Å². The third-order valence-corrected chi connectivity index (χ3v) is 4.24. The van der Waals surface area contributed by atoms with Crippen LogP contribution in [-0.4, -0.2) is 36.9 Å². The van der Waals surface area contributed by atoms with E-state index >= 15 is 0 Å². The second kappa shape index (κ2) is 5.85. The SMILES string of the molecule is FC(F)(F)Oc1ccc(CN2C[C@@H]3CCCN[C@@H]3C2)cc1. The molecule has 2 aliphatic heterocycles. The minimum absolute atomic E-state index is 0.164. The van der Waals surface area contributed by atoms with Gasteiger partial charge in [-0.15, -0.1) is 13.2 Å². The lowest BCUT2D eigenvalue weighted by atomic mass is 9.94. The summed E-state index contributed by atoms with van der Waals surface area (Å²) >= 11 is 0. The van der Waals surface area contributed by atoms with E-state index in [-0.39, 0.29) is 5.75 Å². The molecule has 2 saturated heterocycles. The maximum atomic E-state index is 12.1. The van der Waals surface area contributed by atoms with Crippen LogP contribution in [0.4, 0.5) is 13.2 Å². The number of piperidine rings is 1. The van der Waals surface area contributed by atoms with Crippen LogP contribution in [-0.2, 0) is 6.54 Å². The number of halogens is 3. The van der Waals surface area contributed by atoms with Crippen LogP contribution in [0.25, 0.3) is 0 Å². The Kier molecular flexibility index (Phi) is 4.08. The summed E-state index contributed by atoms with van der Waals surface area (Å²) in [5, 5.41) is 3.54. The molecule has 0 aromatic heterocycles. The fourth-order valence-corrected chi connectivity index (χ4v) is 3.32. The minimum Gasteiger partial charge on any atom is -0.406 e. The maximum absolute atomic E-state index is 12.1. The Balaban J connectivity index is 1.56. The predicted molar refractivity (Wildman–Crippen MR) is 72.9 cm³/mol. The van der Waals surface area contributed by atoms with Gasteiger partial charge in [0.25, 0.3) is 0 Å². The molecule has 6 heteroatoms. The van der Waals surface area contributed by atoms with Crippen LogP contribution >= 0.6 is 0 Å². The number of nitrogens with zero attached hydrogens (tertiary/aromatic N) is 1. The molecule has 3 rings (SSSR count). The van der Waals surface area contributed by atoms with Gasteiger partial charge in [-0.2, -0.15) is 0 Å². The van der Waals surface area contributed by atoms with Crippen molar-refractivity contribution in [3.63, 3.8) is 0 Å². The second-order valence-electron chi connectivity index (χ2n) is 5.85. The van der Waals surface area contributed by atoms with E-state index in [4.69, 9.17) is 0 Å². The molecular weight excluding hydrogens is 281 g/mol. The first-order chi connectivity index (χ1) is 9.99. The van der Waals surface area contributed by atoms with Crippen LogP contribution in [0.5, 0.6) is 5.75 Å². The van der Waals surface area contributed by atoms with Crippen molar-refractivity contribution in [1.82, 2.24) is 10.2 Å². The predicted octanol–water partition coefficient (Wildman–Crippen LogP) is 2.77. The fraction of sp³-hybridized carbons (Fsp3) is 0.600. The van der Waals surface area contributed by atoms with Crippen LogP contribution in [0.1, 0.15) is 18.4 Å². The third kappa shape index (κ3) is 3.89. The molecule has 1 aromatic rings. The van der Waals surface area contributed by atoms with Crippen molar-refractivity contribution in [2.45, 2.75) is 31.8 Å². The van der Waals surface area contributed by atoms with Crippen molar-refractivity contribution in [3.8, 4) is 5.75 Å². The first-order valence-corrected chi connectivity index (χ1v) is 7.30. The molecule has 2 atom stereocenters. The number of hydrogen-bond donors (Lipinski definition) is 1. The van der Waals surface area contributed by atoms with Crippen molar-refractivity contribution in [2.24, 2.45) is 5.92 Å². The standard InChI is InChI=1S/C15H19F3N2O/c16-15(17,18)21-13-5-3-11(4-6-13)8-20-9-12-2-1-7-19-14(12)10-20/h3-6,12,14,19H,1-2,7-10H2/t12-,14+/m0/s1. The van der Waals surface area contributed by atoms with Crippen LogP contribution < -0.4 is 10.1 Å². The summed E-state index contributed by atoms with van der Waals surface area (Å²) in [5.41, 5.74) is 1.02. The quantitative estimate of drug-likeness (QED) is 0.929. The van der Waals surface area contributed by atoms with E-state index in [2.05, 4.69) is 15.0 Å². The number of benzene rings is 1. The molecule has 2 heterocycles. The van der Waals surface area contributed by atoms with Crippen LogP contribution in [0.15, 0.2) is 24.3 Å². The molecule has 0 bridgehead atoms. The summed E-state index contributed by atoms with van der Waals surface area (Å²) in [7, 11) is 0. The van der Waals surface area contributed by atoms with Gasteiger partial charge in [-0.3, -0.25) is 4.90 Å². The molecule has 116 valence electrons. The van der Waals surface area contributed by atoms with Gasteiger partial charge in [0.1, 0.15) is 5.75 Å². The Labute approximate surface area is 122 Å². The van der Waals surface area contributed by atoms with Gasteiger partial charge in [0, 0.05) is 25.7 Å². The maximum Gasteiger partial charge on any atom is 0.573 e. The van der Waals surface area contributed by atoms with Crippen LogP contribution in [0.3, 0.4) is 0 Å². The molecule has 0 amide bonds. The lowest BCUT2D eigenvalue weighted by molar-refractivity contribution is -0.274. The fourth-order valence-electron chi connectivity index (χ4n) is 3.32. The molecule has 2 aliphatic rings. The molecule has 2 fully saturated rings. The summed E-state index contributed by atoms with van der Waals surface area (Å²) in [6.45, 7) is 3.96. The summed E-state index contributed by atoms with van der Waals surface area (Å²) < 4.78 is 40.2. The van der Waals surface area contributed by atoms with E-state index in [1.807, 2.05) is 0 Å². The topological polar surface area (TPSA) is 24.5 Å². The van der Waals surface area contributed by atoms with Gasteiger partial charge in [0.15, 0.2) is 0 Å². The number of hydrogen-bond acceptors (Lipinski definition) is 3. The van der Waals surface area contributed by atoms with E-state index < -0.39 is 6.36 Å². The van der Waals surface area contributed by atoms with Gasteiger partial charge >= 0.3 is 6.36 Å². The number of alkyl halides is 3. The van der Waals surface area contributed by atoms with Crippen LogP contribution in [0.2, 0.25) is 0 Å². The van der Waals surface area contributed by atoms with Gasteiger partial charge in [0.05, 0.1) is 0 Å². The lowest BCUT2D eigenvalue weighted by Gasteiger charge is -2.24. The molecule has 1 N–H and O–H groups in total. The molecule has 0 aliphatic carbocycles. The van der Waals surface area contributed by atoms with E-state index in [0.29, 0.717) is 12.0 Å². The zero-order valence-corrected chi connectivity index (χ0v) is 11.7. The van der Waals surface area contributed by atoms with E-state index in [0.717, 1.165) is 31.7 Å². The van der Waals surface area contributed by atoms with Gasteiger partial charge in [-0.25, -0.2) is 0 Å². The average molecular weight is 300 g/mol. The average Bonchev–Trinajstić information content (AvgIpc) is 2.81. The highest BCUT2D eigenvalue weighted by molar-refractivity contribution is 5.27. The lowest BCUT2D eigenvalue weighted by Crippen LogP contribution is -2.40. The van der Waals surface area contributed by atoms with Crippen LogP contribution in [0, 0.1) is 5.92 Å². The largest absolute Gasteiger partial charge is 0.573 e. The number of nitrogens with one attached hydrogen (secondary N) is 1. The Morgan fingerprint density at radius 3 is 2.62 bits per heavy atom. The number of fused-ring (bicyclic) bond motifs is 1. The highest BCUT2D eigenvalue weighted by Crippen LogP contribution is 2.27. The van der Waals surface area contributed by atoms with Gasteiger partial charge in [0.2, 0.25) is 0 Å². The Morgan fingerprint density at radius 2 is 1.95 bits per heavy atom. The summed E-state index contributed by atoms with van der Waals surface area (Å²) in [6, 6.07) is 6.74. The van der Waals surface area contributed by atoms with Crippen molar-refractivity contribution in [1.29, 1.82) is 0 Å². The van der Waals surface area contributed by atoms with Crippen molar-refractivity contribution in [3.05, 3.63) is 29.8 Å². The highest BCUT2D eigenvalue weighted by Gasteiger charge is 2.34. The molecule has 1 aromatic carbocycles. The number of likely N-dealkylation sites (tertiary alicyclic amines) is 1. The number of ether oxygens (including phenoxy) is 1. The Hall–Kier alpha value is -1.27. The van der Waals surface area contributed by atoms with Gasteiger partial charge in [-0.05, 0) is 43.0 Å². The summed E-state index contributed by atoms with van der Waals surface area (Å²) in [4.78, 5) is 2.37. The molecular formula is C15H19F3N2O. The third-order valence-electron chi connectivity index (χ3n) is 4.24. The molecule has 3 nitrogen and oxygen atoms in total. The Bertz CT molecular complexity index is 461. The van der Waals surface area contributed by atoms with E-state index in [1.165, 1.54) is 25.0 Å². The first kappa shape index (κ1) is 14.7. The highest BCUT2D eigenvalue weighted by atomic mass is 19.4. The number of rotatable bonds is 3. The first-order valence-electron chi connectivity index (χ1n) is 7.30. The molecule has 0 unspecified atom stereocenters. The normalized spacial score (nSPS) is 26.6. The molecule has 0 spiro atoms. The molecule has 0 radical (unpaired) electrons. The zero-order valence-electron chi connectivity index (χ0n) is 11.7. The summed E-state index contributed by atoms with van der Waals surface area (Å²) in [5.74, 6) is 0.551. The van der Waals surface area contributed by atoms with E-state index in [1.54, 1.807) is 12.1 Å². The second-order valence-corrected chi connectivity index (χ2v) is 5.85. The minimum atomic E-state index is -4.63. The Morgan fingerprint density at radius 1 is 1.19 bits per heavy atom. The van der Waals surface area contributed by atoms with Gasteiger partial charge in [-0.1, -0.05) is 12.1 Å². The smallest absolute Gasteiger partial charge is 0.406 e. The van der Waals surface area contributed by atoms with Crippen molar-refractivity contribution < 1.29 is 17.9 Å².